The van der Waals surface area contributed by atoms with Crippen LogP contribution in [0.5, 0.6) is 0 Å². The van der Waals surface area contributed by atoms with Gasteiger partial charge in [-0.1, -0.05) is 12.1 Å². The molecule has 0 saturated carbocycles. The molecule has 1 heterocycles. The van der Waals surface area contributed by atoms with E-state index in [9.17, 15) is 14.6 Å². The third-order valence-corrected chi connectivity index (χ3v) is 3.18. The summed E-state index contributed by atoms with van der Waals surface area (Å²) >= 11 is 0. The molecule has 1 unspecified atom stereocenters. The minimum absolute atomic E-state index is 0.336. The SMILES string of the molecule is C[C@@H](O)c1cccc(F)c1N1CCCC(O)C1. The highest BCUT2D eigenvalue weighted by Gasteiger charge is 2.23. The Kier molecular flexibility index (Phi) is 3.64. The van der Waals surface area contributed by atoms with E-state index < -0.39 is 12.2 Å². The second-order valence-electron chi connectivity index (χ2n) is 4.60. The molecule has 1 aromatic carbocycles. The number of aliphatic hydroxyl groups is 2. The summed E-state index contributed by atoms with van der Waals surface area (Å²) in [5.74, 6) is -0.336. The second-order valence-corrected chi connectivity index (χ2v) is 4.60. The third kappa shape index (κ3) is 2.58. The fourth-order valence-electron chi connectivity index (χ4n) is 2.36. The first kappa shape index (κ1) is 12.3. The zero-order chi connectivity index (χ0) is 12.4. The number of halogens is 1. The lowest BCUT2D eigenvalue weighted by Gasteiger charge is -2.34. The molecule has 17 heavy (non-hydrogen) atoms. The summed E-state index contributed by atoms with van der Waals surface area (Å²) in [6.45, 7) is 2.77. The summed E-state index contributed by atoms with van der Waals surface area (Å²) in [6, 6.07) is 4.72. The highest BCUT2D eigenvalue weighted by atomic mass is 19.1. The van der Waals surface area contributed by atoms with Gasteiger partial charge in [0, 0.05) is 18.7 Å². The van der Waals surface area contributed by atoms with Crippen molar-refractivity contribution in [2.45, 2.75) is 32.0 Å². The molecular formula is C13H18FNO2. The predicted octanol–water partition coefficient (Wildman–Crippen LogP) is 1.84. The molecule has 0 radical (unpaired) electrons. The molecule has 0 bridgehead atoms. The largest absolute Gasteiger partial charge is 0.391 e. The van der Waals surface area contributed by atoms with E-state index in [1.54, 1.807) is 19.1 Å². The summed E-state index contributed by atoms with van der Waals surface area (Å²) in [6.07, 6.45) is 0.481. The van der Waals surface area contributed by atoms with Gasteiger partial charge in [0.15, 0.2) is 0 Å². The van der Waals surface area contributed by atoms with Crippen molar-refractivity contribution in [1.82, 2.24) is 0 Å². The van der Waals surface area contributed by atoms with Crippen molar-refractivity contribution in [2.24, 2.45) is 0 Å². The molecule has 1 aromatic rings. The van der Waals surface area contributed by atoms with Gasteiger partial charge < -0.3 is 15.1 Å². The average Bonchev–Trinajstić information content (AvgIpc) is 2.28. The summed E-state index contributed by atoms with van der Waals surface area (Å²) < 4.78 is 13.9. The van der Waals surface area contributed by atoms with Crippen LogP contribution in [0.4, 0.5) is 10.1 Å². The Balaban J connectivity index is 2.35. The van der Waals surface area contributed by atoms with E-state index in [0.29, 0.717) is 17.8 Å². The van der Waals surface area contributed by atoms with Crippen molar-refractivity contribution in [3.05, 3.63) is 29.6 Å². The van der Waals surface area contributed by atoms with Crippen LogP contribution in [-0.2, 0) is 0 Å². The van der Waals surface area contributed by atoms with Gasteiger partial charge in [0.05, 0.1) is 17.9 Å². The molecule has 2 N–H and O–H groups in total. The zero-order valence-electron chi connectivity index (χ0n) is 9.93. The standard InChI is InChI=1S/C13H18FNO2/c1-9(16)11-5-2-6-12(14)13(11)15-7-3-4-10(17)8-15/h2,5-6,9-10,16-17H,3-4,7-8H2,1H3/t9-,10?/m1/s1. The van der Waals surface area contributed by atoms with Crippen LogP contribution in [0.15, 0.2) is 18.2 Å². The van der Waals surface area contributed by atoms with Crippen LogP contribution in [0.1, 0.15) is 31.4 Å². The number of anilines is 1. The van der Waals surface area contributed by atoms with Gasteiger partial charge in [-0.25, -0.2) is 4.39 Å². The lowest BCUT2D eigenvalue weighted by atomic mass is 10.0. The predicted molar refractivity (Wildman–Crippen MR) is 64.5 cm³/mol. The molecule has 0 spiro atoms. The summed E-state index contributed by atoms with van der Waals surface area (Å²) in [7, 11) is 0. The van der Waals surface area contributed by atoms with Gasteiger partial charge in [-0.05, 0) is 25.8 Å². The van der Waals surface area contributed by atoms with E-state index in [4.69, 9.17) is 0 Å². The average molecular weight is 239 g/mol. The maximum atomic E-state index is 13.9. The Labute approximate surface area is 100 Å². The maximum absolute atomic E-state index is 13.9. The number of rotatable bonds is 2. The number of hydrogen-bond donors (Lipinski definition) is 2. The Hall–Kier alpha value is -1.13. The van der Waals surface area contributed by atoms with Crippen molar-refractivity contribution in [1.29, 1.82) is 0 Å². The molecule has 1 aliphatic rings. The van der Waals surface area contributed by atoms with Crippen LogP contribution in [0.25, 0.3) is 0 Å². The summed E-state index contributed by atoms with van der Waals surface area (Å²) in [5.41, 5.74) is 1.01. The first-order valence-electron chi connectivity index (χ1n) is 5.99. The van der Waals surface area contributed by atoms with Gasteiger partial charge in [-0.15, -0.1) is 0 Å². The summed E-state index contributed by atoms with van der Waals surface area (Å²) in [4.78, 5) is 1.82. The van der Waals surface area contributed by atoms with Crippen molar-refractivity contribution < 1.29 is 14.6 Å². The molecule has 1 saturated heterocycles. The number of nitrogens with zero attached hydrogens (tertiary/aromatic N) is 1. The number of benzene rings is 1. The van der Waals surface area contributed by atoms with Crippen molar-refractivity contribution in [2.75, 3.05) is 18.0 Å². The third-order valence-electron chi connectivity index (χ3n) is 3.18. The van der Waals surface area contributed by atoms with E-state index in [1.807, 2.05) is 4.90 Å². The Morgan fingerprint density at radius 2 is 2.24 bits per heavy atom. The lowest BCUT2D eigenvalue weighted by Crippen LogP contribution is -2.39. The lowest BCUT2D eigenvalue weighted by molar-refractivity contribution is 0.153. The Bertz CT molecular complexity index is 395. The Morgan fingerprint density at radius 3 is 2.88 bits per heavy atom. The molecular weight excluding hydrogens is 221 g/mol. The fourth-order valence-corrected chi connectivity index (χ4v) is 2.36. The first-order chi connectivity index (χ1) is 8.09. The molecule has 2 rings (SSSR count). The molecule has 1 fully saturated rings. The summed E-state index contributed by atoms with van der Waals surface area (Å²) in [5, 5.41) is 19.3. The van der Waals surface area contributed by atoms with Crippen LogP contribution >= 0.6 is 0 Å². The van der Waals surface area contributed by atoms with Crippen LogP contribution < -0.4 is 4.90 Å². The molecule has 2 atom stereocenters. The quantitative estimate of drug-likeness (QED) is 0.827. The van der Waals surface area contributed by atoms with Crippen molar-refractivity contribution in [3.8, 4) is 0 Å². The van der Waals surface area contributed by atoms with Gasteiger partial charge >= 0.3 is 0 Å². The van der Waals surface area contributed by atoms with Crippen LogP contribution in [0.2, 0.25) is 0 Å². The minimum atomic E-state index is -0.709. The maximum Gasteiger partial charge on any atom is 0.146 e. The number of aliphatic hydroxyl groups excluding tert-OH is 2. The normalized spacial score (nSPS) is 22.6. The van der Waals surface area contributed by atoms with Gasteiger partial charge in [0.25, 0.3) is 0 Å². The fraction of sp³-hybridized carbons (Fsp3) is 0.538. The molecule has 0 aromatic heterocycles. The van der Waals surface area contributed by atoms with E-state index in [-0.39, 0.29) is 5.82 Å². The Morgan fingerprint density at radius 1 is 1.47 bits per heavy atom. The molecule has 4 heteroatoms. The van der Waals surface area contributed by atoms with E-state index in [2.05, 4.69) is 0 Å². The van der Waals surface area contributed by atoms with Gasteiger partial charge in [0.1, 0.15) is 5.82 Å². The molecule has 0 amide bonds. The van der Waals surface area contributed by atoms with Crippen molar-refractivity contribution in [3.63, 3.8) is 0 Å². The van der Waals surface area contributed by atoms with E-state index in [1.165, 1.54) is 6.07 Å². The number of piperidine rings is 1. The molecule has 0 aliphatic carbocycles. The second kappa shape index (κ2) is 5.02. The number of hydrogen-bond acceptors (Lipinski definition) is 3. The monoisotopic (exact) mass is 239 g/mol. The smallest absolute Gasteiger partial charge is 0.146 e. The van der Waals surface area contributed by atoms with Crippen molar-refractivity contribution >= 4 is 5.69 Å². The zero-order valence-corrected chi connectivity index (χ0v) is 9.93. The van der Waals surface area contributed by atoms with E-state index >= 15 is 0 Å². The van der Waals surface area contributed by atoms with Gasteiger partial charge in [0.2, 0.25) is 0 Å². The van der Waals surface area contributed by atoms with Crippen LogP contribution in [0, 0.1) is 5.82 Å². The van der Waals surface area contributed by atoms with Gasteiger partial charge in [-0.3, -0.25) is 0 Å². The molecule has 3 nitrogen and oxygen atoms in total. The highest BCUT2D eigenvalue weighted by Crippen LogP contribution is 2.31. The number of β-amino-alcohol motifs (C(OH)–C–C–N with tert-alkyl or cyclic N) is 1. The first-order valence-corrected chi connectivity index (χ1v) is 5.99. The van der Waals surface area contributed by atoms with Crippen LogP contribution in [-0.4, -0.2) is 29.4 Å². The molecule has 1 aliphatic heterocycles. The minimum Gasteiger partial charge on any atom is -0.391 e. The molecule has 94 valence electrons. The highest BCUT2D eigenvalue weighted by molar-refractivity contribution is 5.56. The topological polar surface area (TPSA) is 43.7 Å². The van der Waals surface area contributed by atoms with Gasteiger partial charge in [-0.2, -0.15) is 0 Å². The number of para-hydroxylation sites is 1. The van der Waals surface area contributed by atoms with E-state index in [0.717, 1.165) is 19.4 Å². The van der Waals surface area contributed by atoms with Crippen LogP contribution in [0.3, 0.4) is 0 Å².